The van der Waals surface area contributed by atoms with Crippen molar-refractivity contribution < 1.29 is 10.0 Å². The minimum atomic E-state index is -1.02. The lowest BCUT2D eigenvalue weighted by atomic mass is 9.95. The summed E-state index contributed by atoms with van der Waals surface area (Å²) in [6.07, 6.45) is 0. The number of rotatable bonds is 3. The summed E-state index contributed by atoms with van der Waals surface area (Å²) in [6, 6.07) is 7.72. The molecule has 1 N–H and O–H groups in total. The number of nitriles is 1. The van der Waals surface area contributed by atoms with Crippen LogP contribution in [0.3, 0.4) is 0 Å². The Labute approximate surface area is 86.7 Å². The molecule has 0 bridgehead atoms. The van der Waals surface area contributed by atoms with E-state index in [-0.39, 0.29) is 22.3 Å². The van der Waals surface area contributed by atoms with Crippen LogP contribution < -0.4 is 5.23 Å². The summed E-state index contributed by atoms with van der Waals surface area (Å²) >= 11 is 0. The smallest absolute Gasteiger partial charge is 0.151 e. The summed E-state index contributed by atoms with van der Waals surface area (Å²) in [4.78, 5) is 11.1. The highest BCUT2D eigenvalue weighted by atomic mass is 16.8. The van der Waals surface area contributed by atoms with Crippen molar-refractivity contribution in [1.29, 1.82) is 5.26 Å². The molecule has 5 heteroatoms. The van der Waals surface area contributed by atoms with Crippen LogP contribution in [0.25, 0.3) is 0 Å². The quantitative estimate of drug-likeness (QED) is 0.757. The Morgan fingerprint density at radius 2 is 2.20 bits per heavy atom. The highest BCUT2D eigenvalue weighted by Gasteiger charge is 2.19. The first-order chi connectivity index (χ1) is 7.07. The Balaban J connectivity index is 3.24. The van der Waals surface area contributed by atoms with Gasteiger partial charge in [-0.3, -0.25) is 10.0 Å². The monoisotopic (exact) mass is 205 g/mol. The van der Waals surface area contributed by atoms with E-state index in [0.717, 1.165) is 0 Å². The number of hydrogen-bond donors (Lipinski definition) is 1. The summed E-state index contributed by atoms with van der Waals surface area (Å²) in [5.41, 5.74) is 0.129. The van der Waals surface area contributed by atoms with Crippen molar-refractivity contribution in [2.75, 3.05) is 5.23 Å². The summed E-state index contributed by atoms with van der Waals surface area (Å²) in [7, 11) is 0. The Bertz CT molecular complexity index is 409. The molecule has 78 valence electrons. The minimum Gasteiger partial charge on any atom is -0.733 e. The maximum Gasteiger partial charge on any atom is 0.151 e. The number of para-hydroxylation sites is 1. The molecule has 1 aromatic carbocycles. The minimum absolute atomic E-state index is 0.0840. The lowest BCUT2D eigenvalue weighted by Gasteiger charge is -2.25. The number of benzene rings is 1. The van der Waals surface area contributed by atoms with Crippen LogP contribution in [0, 0.1) is 16.5 Å². The van der Waals surface area contributed by atoms with Crippen LogP contribution in [0.15, 0.2) is 24.3 Å². The Morgan fingerprint density at radius 3 is 2.67 bits per heavy atom. The lowest BCUT2D eigenvalue weighted by Crippen LogP contribution is -2.14. The Kier molecular flexibility index (Phi) is 3.39. The van der Waals surface area contributed by atoms with E-state index < -0.39 is 5.92 Å². The first-order valence-electron chi connectivity index (χ1n) is 4.23. The fourth-order valence-corrected chi connectivity index (χ4v) is 1.29. The molecule has 1 atom stereocenters. The summed E-state index contributed by atoms with van der Waals surface area (Å²) in [5, 5.41) is 28.0. The maximum absolute atomic E-state index is 11.1. The van der Waals surface area contributed by atoms with Gasteiger partial charge in [-0.2, -0.15) is 5.26 Å². The molecular weight excluding hydrogens is 196 g/mol. The van der Waals surface area contributed by atoms with Gasteiger partial charge < -0.3 is 10.4 Å². The molecule has 1 aromatic rings. The molecule has 0 aliphatic rings. The highest BCUT2D eigenvalue weighted by molar-refractivity contribution is 5.88. The number of hydrogen-bond acceptors (Lipinski definition) is 5. The summed E-state index contributed by atoms with van der Waals surface area (Å²) < 4.78 is 0. The topological polar surface area (TPSA) is 87.4 Å². The van der Waals surface area contributed by atoms with E-state index in [1.54, 1.807) is 12.1 Å². The molecule has 0 saturated carbocycles. The third-order valence-electron chi connectivity index (χ3n) is 1.99. The van der Waals surface area contributed by atoms with Crippen molar-refractivity contribution in [2.45, 2.75) is 12.8 Å². The molecule has 0 aliphatic heterocycles. The van der Waals surface area contributed by atoms with Crippen LogP contribution >= 0.6 is 0 Å². The SMILES string of the molecule is CC(=O)[C@@H](C#N)c1ccccc1N([O-])O. The molecule has 0 saturated heterocycles. The van der Waals surface area contributed by atoms with Gasteiger partial charge in [0.2, 0.25) is 0 Å². The first kappa shape index (κ1) is 11.2. The summed E-state index contributed by atoms with van der Waals surface area (Å²) in [5.74, 6) is -1.39. The number of carbonyl (C=O) groups is 1. The number of nitrogens with zero attached hydrogens (tertiary/aromatic N) is 2. The zero-order chi connectivity index (χ0) is 11.4. The fourth-order valence-electron chi connectivity index (χ4n) is 1.29. The molecule has 0 unspecified atom stereocenters. The molecular formula is C10H9N2O3-. The van der Waals surface area contributed by atoms with Crippen LogP contribution in [0.4, 0.5) is 5.69 Å². The molecule has 0 amide bonds. The number of anilines is 1. The molecule has 0 fully saturated rings. The van der Waals surface area contributed by atoms with Gasteiger partial charge in [-0.05, 0) is 13.0 Å². The van der Waals surface area contributed by atoms with Crippen molar-refractivity contribution >= 4 is 11.5 Å². The van der Waals surface area contributed by atoms with Gasteiger partial charge >= 0.3 is 0 Å². The van der Waals surface area contributed by atoms with Gasteiger partial charge in [0.15, 0.2) is 5.78 Å². The molecule has 0 aliphatic carbocycles. The summed E-state index contributed by atoms with van der Waals surface area (Å²) in [6.45, 7) is 1.26. The number of carbonyl (C=O) groups excluding carboxylic acids is 1. The Hall–Kier alpha value is -1.90. The molecule has 15 heavy (non-hydrogen) atoms. The van der Waals surface area contributed by atoms with E-state index >= 15 is 0 Å². The normalized spacial score (nSPS) is 11.6. The average Bonchev–Trinajstić information content (AvgIpc) is 2.18. The van der Waals surface area contributed by atoms with Crippen molar-refractivity contribution in [3.05, 3.63) is 35.0 Å². The fraction of sp³-hybridized carbons (Fsp3) is 0.200. The third kappa shape index (κ3) is 2.31. The number of ketones is 1. The predicted octanol–water partition coefficient (Wildman–Crippen LogP) is 1.58. The van der Waals surface area contributed by atoms with Crippen LogP contribution in [0.2, 0.25) is 0 Å². The van der Waals surface area contributed by atoms with Gasteiger partial charge in [0.25, 0.3) is 0 Å². The third-order valence-corrected chi connectivity index (χ3v) is 1.99. The second-order valence-electron chi connectivity index (χ2n) is 3.00. The standard InChI is InChI=1S/C10H9N2O3/c1-7(13)9(6-11)8-4-2-3-5-10(8)12(14)15/h2-5,9,14H,1H3/q-1/t9-/m1/s1. The van der Waals surface area contributed by atoms with E-state index in [1.165, 1.54) is 25.1 Å². The Morgan fingerprint density at radius 1 is 1.60 bits per heavy atom. The molecule has 0 spiro atoms. The second kappa shape index (κ2) is 4.55. The van der Waals surface area contributed by atoms with Crippen LogP contribution in [0.1, 0.15) is 18.4 Å². The van der Waals surface area contributed by atoms with Gasteiger partial charge in [0.1, 0.15) is 5.92 Å². The zero-order valence-electron chi connectivity index (χ0n) is 8.04. The van der Waals surface area contributed by atoms with Gasteiger partial charge in [-0.15, -0.1) is 0 Å². The van der Waals surface area contributed by atoms with Crippen molar-refractivity contribution in [3.63, 3.8) is 0 Å². The van der Waals surface area contributed by atoms with Gasteiger partial charge in [-0.1, -0.05) is 18.2 Å². The van der Waals surface area contributed by atoms with Crippen molar-refractivity contribution in [1.82, 2.24) is 0 Å². The molecule has 0 aromatic heterocycles. The molecule has 0 heterocycles. The van der Waals surface area contributed by atoms with Crippen LogP contribution in [0.5, 0.6) is 0 Å². The maximum atomic E-state index is 11.1. The van der Waals surface area contributed by atoms with Gasteiger partial charge in [0, 0.05) is 5.56 Å². The van der Waals surface area contributed by atoms with Crippen LogP contribution in [-0.4, -0.2) is 11.0 Å². The molecule has 0 radical (unpaired) electrons. The van der Waals surface area contributed by atoms with E-state index in [1.807, 2.05) is 0 Å². The zero-order valence-corrected chi connectivity index (χ0v) is 8.04. The predicted molar refractivity (Wildman–Crippen MR) is 53.1 cm³/mol. The molecule has 5 nitrogen and oxygen atoms in total. The van der Waals surface area contributed by atoms with E-state index in [4.69, 9.17) is 10.5 Å². The van der Waals surface area contributed by atoms with E-state index in [0.29, 0.717) is 0 Å². The van der Waals surface area contributed by atoms with Crippen LogP contribution in [-0.2, 0) is 4.79 Å². The van der Waals surface area contributed by atoms with Crippen molar-refractivity contribution in [2.24, 2.45) is 0 Å². The highest BCUT2D eigenvalue weighted by Crippen LogP contribution is 2.26. The van der Waals surface area contributed by atoms with Gasteiger partial charge in [-0.25, -0.2) is 0 Å². The molecule has 1 rings (SSSR count). The average molecular weight is 205 g/mol. The lowest BCUT2D eigenvalue weighted by molar-refractivity contribution is -0.117. The van der Waals surface area contributed by atoms with E-state index in [2.05, 4.69) is 0 Å². The first-order valence-corrected chi connectivity index (χ1v) is 4.23. The second-order valence-corrected chi connectivity index (χ2v) is 3.00. The van der Waals surface area contributed by atoms with Gasteiger partial charge in [0.05, 0.1) is 11.8 Å². The largest absolute Gasteiger partial charge is 0.733 e. The van der Waals surface area contributed by atoms with E-state index in [9.17, 15) is 10.0 Å². The van der Waals surface area contributed by atoms with Crippen molar-refractivity contribution in [3.8, 4) is 6.07 Å². The number of Topliss-reactive ketones (excluding diaryl/α,β-unsaturated/α-hetero) is 1.